The average molecular weight is 363 g/mol. The van der Waals surface area contributed by atoms with Gasteiger partial charge in [0.25, 0.3) is 0 Å². The van der Waals surface area contributed by atoms with Crippen molar-refractivity contribution < 1.29 is 18.4 Å². The fraction of sp³-hybridized carbons (Fsp3) is 0.474. The van der Waals surface area contributed by atoms with Crippen LogP contribution in [0.5, 0.6) is 0 Å². The number of nitrogens with zero attached hydrogens (tertiary/aromatic N) is 2. The van der Waals surface area contributed by atoms with Crippen molar-refractivity contribution in [3.05, 3.63) is 48.1 Å². The predicted molar refractivity (Wildman–Crippen MR) is 93.2 cm³/mol. The molecule has 1 aromatic carbocycles. The molecule has 0 bridgehead atoms. The van der Waals surface area contributed by atoms with Crippen molar-refractivity contribution >= 4 is 11.9 Å². The van der Waals surface area contributed by atoms with Crippen LogP contribution in [0.2, 0.25) is 0 Å². The Balaban J connectivity index is 1.71. The van der Waals surface area contributed by atoms with Gasteiger partial charge in [-0.15, -0.1) is 6.58 Å². The summed E-state index contributed by atoms with van der Waals surface area (Å²) in [4.78, 5) is 28.4. The van der Waals surface area contributed by atoms with Gasteiger partial charge in [0.2, 0.25) is 5.91 Å². The first-order valence-corrected chi connectivity index (χ1v) is 8.83. The molecule has 1 aromatic rings. The summed E-state index contributed by atoms with van der Waals surface area (Å²) in [7, 11) is 0. The summed E-state index contributed by atoms with van der Waals surface area (Å²) < 4.78 is 27.4. The van der Waals surface area contributed by atoms with E-state index < -0.39 is 17.0 Å². The van der Waals surface area contributed by atoms with Crippen LogP contribution in [0.15, 0.2) is 30.9 Å². The Labute approximate surface area is 151 Å². The van der Waals surface area contributed by atoms with Gasteiger partial charge in [0.05, 0.1) is 5.41 Å². The van der Waals surface area contributed by atoms with Crippen molar-refractivity contribution in [1.29, 1.82) is 0 Å². The number of rotatable bonds is 4. The Morgan fingerprint density at radius 3 is 2.88 bits per heavy atom. The molecule has 2 saturated heterocycles. The summed E-state index contributed by atoms with van der Waals surface area (Å²) in [6, 6.07) is 3.80. The molecule has 0 saturated carbocycles. The Bertz CT molecular complexity index is 725. The number of benzene rings is 1. The second-order valence-corrected chi connectivity index (χ2v) is 6.97. The van der Waals surface area contributed by atoms with E-state index in [0.717, 1.165) is 12.5 Å². The number of amides is 3. The van der Waals surface area contributed by atoms with E-state index in [2.05, 4.69) is 11.9 Å². The predicted octanol–water partition coefficient (Wildman–Crippen LogP) is 2.67. The van der Waals surface area contributed by atoms with Crippen LogP contribution in [-0.2, 0) is 11.3 Å². The Kier molecular flexibility index (Phi) is 5.25. The Morgan fingerprint density at radius 1 is 1.31 bits per heavy atom. The monoisotopic (exact) mass is 363 g/mol. The molecule has 1 N–H and O–H groups in total. The lowest BCUT2D eigenvalue weighted by atomic mass is 9.78. The van der Waals surface area contributed by atoms with E-state index in [1.165, 1.54) is 12.1 Å². The number of nitrogens with one attached hydrogen (secondary N) is 1. The molecular weight excluding hydrogens is 340 g/mol. The van der Waals surface area contributed by atoms with Crippen molar-refractivity contribution in [3.63, 3.8) is 0 Å². The van der Waals surface area contributed by atoms with Gasteiger partial charge in [-0.25, -0.2) is 13.6 Å². The molecule has 26 heavy (non-hydrogen) atoms. The SMILES string of the molecule is C=CCNC(=O)N1CC[C@]2(CCCN(Cc3cccc(F)c3F)C2=O)C1. The molecule has 3 rings (SSSR count). The molecule has 2 heterocycles. The van der Waals surface area contributed by atoms with Gasteiger partial charge in [-0.2, -0.15) is 0 Å². The van der Waals surface area contributed by atoms with Crippen molar-refractivity contribution in [2.24, 2.45) is 5.41 Å². The van der Waals surface area contributed by atoms with E-state index in [0.29, 0.717) is 39.0 Å². The fourth-order valence-electron chi connectivity index (χ4n) is 3.87. The molecule has 0 aromatic heterocycles. The second kappa shape index (κ2) is 7.43. The van der Waals surface area contributed by atoms with Crippen molar-refractivity contribution in [2.45, 2.75) is 25.8 Å². The van der Waals surface area contributed by atoms with Gasteiger partial charge < -0.3 is 15.1 Å². The zero-order valence-electron chi connectivity index (χ0n) is 14.6. The number of carbonyl (C=O) groups excluding carboxylic acids is 2. The van der Waals surface area contributed by atoms with Crippen LogP contribution in [0.25, 0.3) is 0 Å². The summed E-state index contributed by atoms with van der Waals surface area (Å²) >= 11 is 0. The number of carbonyl (C=O) groups is 2. The van der Waals surface area contributed by atoms with Gasteiger partial charge in [-0.05, 0) is 25.3 Å². The molecule has 0 unspecified atom stereocenters. The lowest BCUT2D eigenvalue weighted by Crippen LogP contribution is -2.50. The second-order valence-electron chi connectivity index (χ2n) is 6.97. The maximum absolute atomic E-state index is 14.0. The molecular formula is C19H23F2N3O2. The van der Waals surface area contributed by atoms with E-state index in [1.54, 1.807) is 15.9 Å². The molecule has 140 valence electrons. The number of likely N-dealkylation sites (tertiary alicyclic amines) is 2. The zero-order valence-corrected chi connectivity index (χ0v) is 14.6. The first kappa shape index (κ1) is 18.4. The van der Waals surface area contributed by atoms with Gasteiger partial charge >= 0.3 is 6.03 Å². The molecule has 2 aliphatic rings. The standard InChI is InChI=1S/C19H23F2N3O2/c1-2-9-22-18(26)24-11-8-19(13-24)7-4-10-23(17(19)25)12-14-5-3-6-15(20)16(14)21/h2-3,5-6H,1,4,7-13H2,(H,22,26)/t19-/m1/s1. The van der Waals surface area contributed by atoms with Crippen molar-refractivity contribution in [2.75, 3.05) is 26.2 Å². The molecule has 3 amide bonds. The topological polar surface area (TPSA) is 52.7 Å². The van der Waals surface area contributed by atoms with E-state index in [-0.39, 0.29) is 24.0 Å². The summed E-state index contributed by atoms with van der Waals surface area (Å²) in [6.45, 7) is 5.37. The smallest absolute Gasteiger partial charge is 0.317 e. The normalized spacial score (nSPS) is 22.8. The third-order valence-corrected chi connectivity index (χ3v) is 5.26. The fourth-order valence-corrected chi connectivity index (χ4v) is 3.87. The highest BCUT2D eigenvalue weighted by atomic mass is 19.2. The number of halogens is 2. The largest absolute Gasteiger partial charge is 0.338 e. The third-order valence-electron chi connectivity index (χ3n) is 5.26. The average Bonchev–Trinajstić information content (AvgIpc) is 3.06. The van der Waals surface area contributed by atoms with Gasteiger partial charge in [0.15, 0.2) is 11.6 Å². The van der Waals surface area contributed by atoms with Crippen molar-refractivity contribution in [1.82, 2.24) is 15.1 Å². The minimum Gasteiger partial charge on any atom is -0.338 e. The highest BCUT2D eigenvalue weighted by Crippen LogP contribution is 2.40. The molecule has 0 aliphatic carbocycles. The van der Waals surface area contributed by atoms with E-state index in [4.69, 9.17) is 0 Å². The summed E-state index contributed by atoms with van der Waals surface area (Å²) in [5, 5.41) is 2.73. The number of piperidine rings is 1. The van der Waals surface area contributed by atoms with Crippen LogP contribution in [0, 0.1) is 17.0 Å². The first-order chi connectivity index (χ1) is 12.5. The lowest BCUT2D eigenvalue weighted by molar-refractivity contribution is -0.146. The van der Waals surface area contributed by atoms with Gasteiger partial charge in [-0.3, -0.25) is 4.79 Å². The van der Waals surface area contributed by atoms with Crippen molar-refractivity contribution in [3.8, 4) is 0 Å². The van der Waals surface area contributed by atoms with Crippen LogP contribution < -0.4 is 5.32 Å². The molecule has 2 fully saturated rings. The minimum atomic E-state index is -0.910. The molecule has 2 aliphatic heterocycles. The van der Waals surface area contributed by atoms with Crippen LogP contribution in [-0.4, -0.2) is 47.9 Å². The Hall–Kier alpha value is -2.44. The summed E-state index contributed by atoms with van der Waals surface area (Å²) in [5.41, 5.74) is -0.443. The molecule has 1 spiro atoms. The number of hydrogen-bond donors (Lipinski definition) is 1. The molecule has 7 heteroatoms. The highest BCUT2D eigenvalue weighted by Gasteiger charge is 2.49. The van der Waals surface area contributed by atoms with E-state index in [1.807, 2.05) is 0 Å². The summed E-state index contributed by atoms with van der Waals surface area (Å²) in [6.07, 6.45) is 3.68. The van der Waals surface area contributed by atoms with Crippen LogP contribution >= 0.6 is 0 Å². The summed E-state index contributed by atoms with van der Waals surface area (Å²) in [5.74, 6) is -1.89. The van der Waals surface area contributed by atoms with Crippen LogP contribution in [0.3, 0.4) is 0 Å². The van der Waals surface area contributed by atoms with E-state index in [9.17, 15) is 18.4 Å². The van der Waals surface area contributed by atoms with Crippen LogP contribution in [0.1, 0.15) is 24.8 Å². The van der Waals surface area contributed by atoms with Gasteiger partial charge in [-0.1, -0.05) is 18.2 Å². The first-order valence-electron chi connectivity index (χ1n) is 8.83. The lowest BCUT2D eigenvalue weighted by Gasteiger charge is -2.39. The van der Waals surface area contributed by atoms with Crippen LogP contribution in [0.4, 0.5) is 13.6 Å². The van der Waals surface area contributed by atoms with Gasteiger partial charge in [0.1, 0.15) is 0 Å². The number of urea groups is 1. The molecule has 0 radical (unpaired) electrons. The van der Waals surface area contributed by atoms with Gasteiger partial charge in [0, 0.05) is 38.3 Å². The zero-order chi connectivity index (χ0) is 18.7. The molecule has 1 atom stereocenters. The maximum Gasteiger partial charge on any atom is 0.317 e. The quantitative estimate of drug-likeness (QED) is 0.837. The third kappa shape index (κ3) is 3.43. The Morgan fingerprint density at radius 2 is 2.12 bits per heavy atom. The number of hydrogen-bond acceptors (Lipinski definition) is 2. The van der Waals surface area contributed by atoms with E-state index >= 15 is 0 Å². The molecule has 5 nitrogen and oxygen atoms in total. The minimum absolute atomic E-state index is 0.0484. The maximum atomic E-state index is 14.0. The highest BCUT2D eigenvalue weighted by molar-refractivity contribution is 5.85.